The summed E-state index contributed by atoms with van der Waals surface area (Å²) >= 11 is 0. The van der Waals surface area contributed by atoms with Crippen molar-refractivity contribution in [2.75, 3.05) is 26.2 Å². The van der Waals surface area contributed by atoms with Crippen LogP contribution in [0.5, 0.6) is 0 Å². The summed E-state index contributed by atoms with van der Waals surface area (Å²) in [5.41, 5.74) is 1.76. The number of nitrogens with zero attached hydrogens (tertiary/aromatic N) is 1. The van der Waals surface area contributed by atoms with Crippen molar-refractivity contribution in [3.8, 4) is 0 Å². The number of carbonyl (C=O) groups excluding carboxylic acids is 1. The van der Waals surface area contributed by atoms with E-state index in [4.69, 9.17) is 5.11 Å². The normalized spacial score (nSPS) is 23.9. The summed E-state index contributed by atoms with van der Waals surface area (Å²) in [5.74, 6) is -0.0944. The molecule has 6 heteroatoms. The minimum atomic E-state index is -0.782. The summed E-state index contributed by atoms with van der Waals surface area (Å²) in [6, 6.07) is 8.05. The summed E-state index contributed by atoms with van der Waals surface area (Å²) in [6.07, 6.45) is 4.08. The largest absolute Gasteiger partial charge is 0.481 e. The Balaban J connectivity index is 1.67. The number of carbonyl (C=O) groups is 2. The van der Waals surface area contributed by atoms with Gasteiger partial charge in [0.1, 0.15) is 0 Å². The molecule has 0 radical (unpaired) electrons. The summed E-state index contributed by atoms with van der Waals surface area (Å²) in [6.45, 7) is 5.64. The summed E-state index contributed by atoms with van der Waals surface area (Å²) in [7, 11) is 0. The molecule has 0 spiro atoms. The summed E-state index contributed by atoms with van der Waals surface area (Å²) < 4.78 is 0. The van der Waals surface area contributed by atoms with E-state index in [0.717, 1.165) is 37.2 Å². The van der Waals surface area contributed by atoms with E-state index in [1.54, 1.807) is 0 Å². The number of aryl methyl sites for hydroxylation is 1. The minimum absolute atomic E-state index is 0.0105. The second-order valence-corrected chi connectivity index (χ2v) is 7.66. The SMILES string of the molecule is CC1(c2ccc(CCC(=O)O)cc2)CNC(=O)N1CCC1CCNCC1. The van der Waals surface area contributed by atoms with E-state index in [2.05, 4.69) is 17.6 Å². The molecule has 2 aliphatic heterocycles. The minimum Gasteiger partial charge on any atom is -0.481 e. The number of urea groups is 1. The first kappa shape index (κ1) is 18.7. The topological polar surface area (TPSA) is 81.7 Å². The lowest BCUT2D eigenvalue weighted by molar-refractivity contribution is -0.136. The van der Waals surface area contributed by atoms with E-state index in [0.29, 0.717) is 18.9 Å². The molecule has 0 aromatic heterocycles. The molecular weight excluding hydrogens is 330 g/mol. The second kappa shape index (κ2) is 8.08. The fourth-order valence-electron chi connectivity index (χ4n) is 4.03. The Bertz CT molecular complexity index is 640. The maximum absolute atomic E-state index is 12.4. The zero-order valence-corrected chi connectivity index (χ0v) is 15.5. The van der Waals surface area contributed by atoms with Gasteiger partial charge in [0.25, 0.3) is 0 Å². The van der Waals surface area contributed by atoms with Gasteiger partial charge in [-0.2, -0.15) is 0 Å². The van der Waals surface area contributed by atoms with E-state index in [1.165, 1.54) is 12.8 Å². The smallest absolute Gasteiger partial charge is 0.318 e. The van der Waals surface area contributed by atoms with E-state index >= 15 is 0 Å². The average Bonchev–Trinajstić information content (AvgIpc) is 2.95. The fourth-order valence-corrected chi connectivity index (χ4v) is 4.03. The second-order valence-electron chi connectivity index (χ2n) is 7.66. The number of aliphatic carboxylic acids is 1. The summed E-state index contributed by atoms with van der Waals surface area (Å²) in [5, 5.41) is 15.2. The van der Waals surface area contributed by atoms with E-state index in [-0.39, 0.29) is 18.0 Å². The molecule has 3 N–H and O–H groups in total. The molecule has 1 unspecified atom stereocenters. The monoisotopic (exact) mass is 359 g/mol. The van der Waals surface area contributed by atoms with Crippen molar-refractivity contribution in [3.05, 3.63) is 35.4 Å². The number of piperidine rings is 1. The molecule has 0 bridgehead atoms. The lowest BCUT2D eigenvalue weighted by atomic mass is 9.89. The maximum Gasteiger partial charge on any atom is 0.318 e. The van der Waals surface area contributed by atoms with Crippen LogP contribution in [0.2, 0.25) is 0 Å². The van der Waals surface area contributed by atoms with Crippen LogP contribution in [0, 0.1) is 5.92 Å². The van der Waals surface area contributed by atoms with Gasteiger partial charge in [0.2, 0.25) is 0 Å². The standard InChI is InChI=1S/C20H29N3O3/c1-20(17-5-2-15(3-6-17)4-7-18(24)25)14-22-19(26)23(20)13-10-16-8-11-21-12-9-16/h2-3,5-6,16,21H,4,7-14H2,1H3,(H,22,26)(H,24,25). The summed E-state index contributed by atoms with van der Waals surface area (Å²) in [4.78, 5) is 25.1. The third-order valence-corrected chi connectivity index (χ3v) is 5.85. The number of carboxylic acids is 1. The molecule has 142 valence electrons. The molecule has 1 aromatic rings. The Morgan fingerprint density at radius 2 is 1.96 bits per heavy atom. The van der Waals surface area contributed by atoms with Crippen LogP contribution in [0.4, 0.5) is 4.79 Å². The predicted octanol–water partition coefficient (Wildman–Crippen LogP) is 2.33. The Kier molecular flexibility index (Phi) is 5.81. The van der Waals surface area contributed by atoms with Gasteiger partial charge >= 0.3 is 12.0 Å². The van der Waals surface area contributed by atoms with Crippen molar-refractivity contribution in [1.82, 2.24) is 15.5 Å². The van der Waals surface area contributed by atoms with Gasteiger partial charge < -0.3 is 20.6 Å². The first-order valence-electron chi connectivity index (χ1n) is 9.56. The van der Waals surface area contributed by atoms with Gasteiger partial charge in [-0.15, -0.1) is 0 Å². The highest BCUT2D eigenvalue weighted by Crippen LogP contribution is 2.33. The molecule has 0 aliphatic carbocycles. The van der Waals surface area contributed by atoms with Crippen LogP contribution < -0.4 is 10.6 Å². The number of rotatable bonds is 7. The molecule has 2 amide bonds. The van der Waals surface area contributed by atoms with Gasteiger partial charge in [-0.1, -0.05) is 24.3 Å². The van der Waals surface area contributed by atoms with Crippen molar-refractivity contribution in [2.24, 2.45) is 5.92 Å². The van der Waals surface area contributed by atoms with Gasteiger partial charge in [-0.05, 0) is 62.7 Å². The van der Waals surface area contributed by atoms with Crippen molar-refractivity contribution in [2.45, 2.75) is 44.6 Å². The number of hydrogen-bond acceptors (Lipinski definition) is 3. The number of benzene rings is 1. The molecule has 0 saturated carbocycles. The quantitative estimate of drug-likeness (QED) is 0.698. The Morgan fingerprint density at radius 3 is 2.62 bits per heavy atom. The van der Waals surface area contributed by atoms with Crippen molar-refractivity contribution < 1.29 is 14.7 Å². The highest BCUT2D eigenvalue weighted by molar-refractivity contribution is 5.78. The number of hydrogen-bond donors (Lipinski definition) is 3. The molecule has 2 aliphatic rings. The van der Waals surface area contributed by atoms with Crippen LogP contribution in [0.25, 0.3) is 0 Å². The van der Waals surface area contributed by atoms with Gasteiger partial charge in [0, 0.05) is 19.5 Å². The highest BCUT2D eigenvalue weighted by atomic mass is 16.4. The van der Waals surface area contributed by atoms with Crippen LogP contribution in [-0.2, 0) is 16.8 Å². The Hall–Kier alpha value is -2.08. The zero-order valence-electron chi connectivity index (χ0n) is 15.5. The van der Waals surface area contributed by atoms with Crippen molar-refractivity contribution in [3.63, 3.8) is 0 Å². The average molecular weight is 359 g/mol. The van der Waals surface area contributed by atoms with Gasteiger partial charge in [-0.25, -0.2) is 4.79 Å². The molecule has 2 heterocycles. The first-order valence-corrected chi connectivity index (χ1v) is 9.56. The molecule has 26 heavy (non-hydrogen) atoms. The molecule has 6 nitrogen and oxygen atoms in total. The number of carboxylic acid groups (broad SMARTS) is 1. The molecule has 3 rings (SSSR count). The van der Waals surface area contributed by atoms with E-state index in [1.807, 2.05) is 29.2 Å². The van der Waals surface area contributed by atoms with Crippen LogP contribution in [-0.4, -0.2) is 48.2 Å². The molecule has 1 atom stereocenters. The molecule has 2 fully saturated rings. The van der Waals surface area contributed by atoms with Crippen LogP contribution in [0.15, 0.2) is 24.3 Å². The number of nitrogens with one attached hydrogen (secondary N) is 2. The lowest BCUT2D eigenvalue weighted by Crippen LogP contribution is -2.43. The molecular formula is C20H29N3O3. The van der Waals surface area contributed by atoms with Crippen molar-refractivity contribution in [1.29, 1.82) is 0 Å². The molecule has 1 aromatic carbocycles. The van der Waals surface area contributed by atoms with Gasteiger partial charge in [0.05, 0.1) is 5.54 Å². The van der Waals surface area contributed by atoms with Crippen LogP contribution in [0.3, 0.4) is 0 Å². The third kappa shape index (κ3) is 4.18. The lowest BCUT2D eigenvalue weighted by Gasteiger charge is -2.35. The van der Waals surface area contributed by atoms with Crippen molar-refractivity contribution >= 4 is 12.0 Å². The Labute approximate surface area is 155 Å². The van der Waals surface area contributed by atoms with Crippen LogP contribution >= 0.6 is 0 Å². The fraction of sp³-hybridized carbons (Fsp3) is 0.600. The molecule has 2 saturated heterocycles. The Morgan fingerprint density at radius 1 is 1.27 bits per heavy atom. The number of amides is 2. The zero-order chi connectivity index (χ0) is 18.6. The van der Waals surface area contributed by atoms with Gasteiger partial charge in [0.15, 0.2) is 0 Å². The van der Waals surface area contributed by atoms with E-state index in [9.17, 15) is 9.59 Å². The van der Waals surface area contributed by atoms with Gasteiger partial charge in [-0.3, -0.25) is 4.79 Å². The third-order valence-electron chi connectivity index (χ3n) is 5.85. The highest BCUT2D eigenvalue weighted by Gasteiger charge is 2.42. The first-order chi connectivity index (χ1) is 12.5. The maximum atomic E-state index is 12.4. The van der Waals surface area contributed by atoms with E-state index < -0.39 is 5.97 Å². The van der Waals surface area contributed by atoms with Crippen LogP contribution in [0.1, 0.15) is 43.7 Å². The predicted molar refractivity (Wildman–Crippen MR) is 100 cm³/mol.